The molecule has 1 aromatic carbocycles. The highest BCUT2D eigenvalue weighted by molar-refractivity contribution is 6.03. The van der Waals surface area contributed by atoms with Crippen molar-refractivity contribution in [2.75, 3.05) is 29.7 Å². The Morgan fingerprint density at radius 3 is 2.62 bits per heavy atom. The first kappa shape index (κ1) is 21.6. The van der Waals surface area contributed by atoms with Gasteiger partial charge in [0.15, 0.2) is 5.82 Å². The number of hydrogen-bond donors (Lipinski definition) is 2. The van der Waals surface area contributed by atoms with Gasteiger partial charge in [0.25, 0.3) is 0 Å². The molecule has 4 rings (SSSR count). The number of amides is 1. The number of methoxy groups -OCH3 is 1. The molecule has 0 saturated carbocycles. The zero-order chi connectivity index (χ0) is 22.8. The van der Waals surface area contributed by atoms with Crippen LogP contribution in [0.5, 0.6) is 5.75 Å². The average Bonchev–Trinajstić information content (AvgIpc) is 3.21. The van der Waals surface area contributed by atoms with Crippen LogP contribution in [0.1, 0.15) is 30.7 Å². The number of fused-ring (bicyclic) bond motifs is 1. The molecule has 1 atom stereocenters. The maximum Gasteiger partial charge on any atom is 0.247 e. The van der Waals surface area contributed by atoms with Crippen LogP contribution in [-0.4, -0.2) is 45.9 Å². The number of hydrogen-bond acceptors (Lipinski definition) is 7. The lowest BCUT2D eigenvalue weighted by atomic mass is 9.99. The van der Waals surface area contributed by atoms with E-state index in [0.717, 1.165) is 28.4 Å². The summed E-state index contributed by atoms with van der Waals surface area (Å²) in [5, 5.41) is 10.7. The summed E-state index contributed by atoms with van der Waals surface area (Å²) in [4.78, 5) is 23.6. The van der Waals surface area contributed by atoms with Crippen molar-refractivity contribution in [3.63, 3.8) is 0 Å². The molecule has 2 N–H and O–H groups in total. The summed E-state index contributed by atoms with van der Waals surface area (Å²) in [7, 11) is 3.56. The van der Waals surface area contributed by atoms with Gasteiger partial charge in [0, 0.05) is 25.4 Å². The van der Waals surface area contributed by atoms with Gasteiger partial charge in [0.05, 0.1) is 25.5 Å². The molecule has 3 aromatic rings. The summed E-state index contributed by atoms with van der Waals surface area (Å²) >= 11 is 0. The normalized spacial score (nSPS) is 15.5. The fourth-order valence-electron chi connectivity index (χ4n) is 3.98. The van der Waals surface area contributed by atoms with E-state index < -0.39 is 0 Å². The Labute approximate surface area is 187 Å². The van der Waals surface area contributed by atoms with Crippen molar-refractivity contribution < 1.29 is 9.53 Å². The molecule has 0 aliphatic carbocycles. The second-order valence-corrected chi connectivity index (χ2v) is 8.37. The Hall–Kier alpha value is -3.62. The molecule has 1 aliphatic heterocycles. The van der Waals surface area contributed by atoms with Gasteiger partial charge in [0.1, 0.15) is 17.5 Å². The monoisotopic (exact) mass is 435 g/mol. The summed E-state index contributed by atoms with van der Waals surface area (Å²) in [6.07, 6.45) is 3.84. The lowest BCUT2D eigenvalue weighted by molar-refractivity contribution is -0.118. The van der Waals surface area contributed by atoms with E-state index in [1.807, 2.05) is 74.1 Å². The fraction of sp³-hybridized carbons (Fsp3) is 0.391. The van der Waals surface area contributed by atoms with E-state index in [1.54, 1.807) is 7.11 Å². The first-order valence-corrected chi connectivity index (χ1v) is 10.7. The smallest absolute Gasteiger partial charge is 0.247 e. The van der Waals surface area contributed by atoms with Crippen LogP contribution in [0.4, 0.5) is 17.5 Å². The molecule has 9 nitrogen and oxygen atoms in total. The predicted molar refractivity (Wildman–Crippen MR) is 124 cm³/mol. The molecule has 1 aliphatic rings. The van der Waals surface area contributed by atoms with Crippen molar-refractivity contribution >= 4 is 23.4 Å². The van der Waals surface area contributed by atoms with Gasteiger partial charge in [-0.1, -0.05) is 26.0 Å². The first-order valence-electron chi connectivity index (χ1n) is 10.7. The number of nitrogens with one attached hydrogen (secondary N) is 2. The number of rotatable bonds is 7. The summed E-state index contributed by atoms with van der Waals surface area (Å²) in [6, 6.07) is 7.69. The largest absolute Gasteiger partial charge is 0.497 e. The van der Waals surface area contributed by atoms with E-state index >= 15 is 0 Å². The van der Waals surface area contributed by atoms with Crippen molar-refractivity contribution in [1.82, 2.24) is 19.7 Å². The Balaban J connectivity index is 1.44. The highest BCUT2D eigenvalue weighted by atomic mass is 16.5. The van der Waals surface area contributed by atoms with Crippen LogP contribution in [0.3, 0.4) is 0 Å². The fourth-order valence-corrected chi connectivity index (χ4v) is 3.98. The molecule has 1 unspecified atom stereocenters. The minimum absolute atomic E-state index is 0.0216. The summed E-state index contributed by atoms with van der Waals surface area (Å²) in [6.45, 7) is 7.16. The second kappa shape index (κ2) is 8.86. The lowest BCUT2D eigenvalue weighted by Crippen LogP contribution is -2.49. The number of carbonyl (C=O) groups is 1. The zero-order valence-corrected chi connectivity index (χ0v) is 19.1. The van der Waals surface area contributed by atoms with Gasteiger partial charge in [-0.3, -0.25) is 9.48 Å². The van der Waals surface area contributed by atoms with Crippen molar-refractivity contribution in [1.29, 1.82) is 0 Å². The molecular weight excluding hydrogens is 406 g/mol. The molecule has 0 spiro atoms. The molecule has 9 heteroatoms. The van der Waals surface area contributed by atoms with Gasteiger partial charge < -0.3 is 20.3 Å². The van der Waals surface area contributed by atoms with Gasteiger partial charge >= 0.3 is 0 Å². The van der Waals surface area contributed by atoms with Crippen LogP contribution >= 0.6 is 0 Å². The number of aromatic nitrogens is 4. The van der Waals surface area contributed by atoms with E-state index in [2.05, 4.69) is 25.7 Å². The SMILES string of the molecule is COc1ccc(Cn2cc(CNc3nc(C)c4c(n3)N(C)C(C(C)C)C(=O)N4)cn2)cc1. The maximum absolute atomic E-state index is 12.5. The molecule has 32 heavy (non-hydrogen) atoms. The van der Waals surface area contributed by atoms with Gasteiger partial charge in [-0.15, -0.1) is 0 Å². The zero-order valence-electron chi connectivity index (χ0n) is 19.1. The van der Waals surface area contributed by atoms with Crippen LogP contribution in [0, 0.1) is 12.8 Å². The van der Waals surface area contributed by atoms with Crippen LogP contribution < -0.4 is 20.3 Å². The van der Waals surface area contributed by atoms with E-state index in [0.29, 0.717) is 24.7 Å². The number of anilines is 3. The molecule has 0 saturated heterocycles. The molecule has 3 heterocycles. The maximum atomic E-state index is 12.5. The molecule has 168 valence electrons. The quantitative estimate of drug-likeness (QED) is 0.589. The number of ether oxygens (including phenoxy) is 1. The molecular formula is C23H29N7O2. The highest BCUT2D eigenvalue weighted by Crippen LogP contribution is 2.34. The van der Waals surface area contributed by atoms with Gasteiger partial charge in [-0.2, -0.15) is 10.1 Å². The lowest BCUT2D eigenvalue weighted by Gasteiger charge is -2.36. The number of nitrogens with zero attached hydrogens (tertiary/aromatic N) is 5. The Morgan fingerprint density at radius 2 is 1.94 bits per heavy atom. The summed E-state index contributed by atoms with van der Waals surface area (Å²) in [5.41, 5.74) is 3.58. The van der Waals surface area contributed by atoms with Gasteiger partial charge in [0.2, 0.25) is 11.9 Å². The van der Waals surface area contributed by atoms with Crippen molar-refractivity contribution in [2.45, 2.75) is 39.9 Å². The van der Waals surface area contributed by atoms with Crippen LogP contribution in [0.15, 0.2) is 36.7 Å². The van der Waals surface area contributed by atoms with Crippen molar-refractivity contribution in [3.8, 4) is 5.75 Å². The van der Waals surface area contributed by atoms with E-state index in [1.165, 1.54) is 0 Å². The summed E-state index contributed by atoms with van der Waals surface area (Å²) < 4.78 is 7.10. The third-order valence-corrected chi connectivity index (χ3v) is 5.61. The number of carbonyl (C=O) groups excluding carboxylic acids is 1. The van der Waals surface area contributed by atoms with E-state index in [-0.39, 0.29) is 17.9 Å². The summed E-state index contributed by atoms with van der Waals surface area (Å²) in [5.74, 6) is 2.23. The number of likely N-dealkylation sites (N-methyl/N-ethyl adjacent to an activating group) is 1. The minimum atomic E-state index is -0.263. The molecule has 0 radical (unpaired) electrons. The topological polar surface area (TPSA) is 97.2 Å². The molecule has 0 fully saturated rings. The van der Waals surface area contributed by atoms with Crippen molar-refractivity contribution in [2.24, 2.45) is 5.92 Å². The van der Waals surface area contributed by atoms with Crippen LogP contribution in [-0.2, 0) is 17.9 Å². The molecule has 0 bridgehead atoms. The Morgan fingerprint density at radius 1 is 1.19 bits per heavy atom. The third kappa shape index (κ3) is 4.37. The standard InChI is InChI=1S/C23H29N7O2/c1-14(2)20-22(31)27-19-15(3)26-23(28-21(19)29(20)4)24-10-17-11-25-30(13-17)12-16-6-8-18(32-5)9-7-16/h6-9,11,13-14,20H,10,12H2,1-5H3,(H,27,31)(H,24,26,28). The van der Waals surface area contributed by atoms with Crippen LogP contribution in [0.2, 0.25) is 0 Å². The predicted octanol–water partition coefficient (Wildman–Crippen LogP) is 3.06. The Bertz CT molecular complexity index is 1110. The molecule has 1 amide bonds. The average molecular weight is 436 g/mol. The number of aryl methyl sites for hydroxylation is 1. The second-order valence-electron chi connectivity index (χ2n) is 8.37. The third-order valence-electron chi connectivity index (χ3n) is 5.61. The molecule has 2 aromatic heterocycles. The number of benzene rings is 1. The van der Waals surface area contributed by atoms with Gasteiger partial charge in [-0.25, -0.2) is 4.98 Å². The van der Waals surface area contributed by atoms with Crippen LogP contribution in [0.25, 0.3) is 0 Å². The van der Waals surface area contributed by atoms with Crippen molar-refractivity contribution in [3.05, 3.63) is 53.5 Å². The van der Waals surface area contributed by atoms with Gasteiger partial charge in [-0.05, 0) is 30.5 Å². The Kier molecular flexibility index (Phi) is 5.98. The van der Waals surface area contributed by atoms with E-state index in [4.69, 9.17) is 4.74 Å². The first-order chi connectivity index (χ1) is 15.4. The minimum Gasteiger partial charge on any atom is -0.497 e. The van der Waals surface area contributed by atoms with E-state index in [9.17, 15) is 4.79 Å². The highest BCUT2D eigenvalue weighted by Gasteiger charge is 2.35.